The maximum atomic E-state index is 12.7. The largest absolute Gasteiger partial charge is 0.493 e. The van der Waals surface area contributed by atoms with Crippen LogP contribution < -0.4 is 9.47 Å². The molecule has 0 fully saturated rings. The molecule has 0 N–H and O–H groups in total. The monoisotopic (exact) mass is 417 g/mol. The zero-order chi connectivity index (χ0) is 21.0. The molecule has 0 unspecified atom stereocenters. The van der Waals surface area contributed by atoms with Gasteiger partial charge in [0.25, 0.3) is 0 Å². The fourth-order valence-corrected chi connectivity index (χ4v) is 4.02. The van der Waals surface area contributed by atoms with Gasteiger partial charge in [-0.1, -0.05) is 29.4 Å². The normalized spacial score (nSPS) is 11.6. The van der Waals surface area contributed by atoms with E-state index in [9.17, 15) is 8.42 Å². The number of hydrogen-bond donors (Lipinski definition) is 0. The lowest BCUT2D eigenvalue weighted by Crippen LogP contribution is -2.28. The van der Waals surface area contributed by atoms with E-state index in [1.54, 1.807) is 25.3 Å². The molecular formula is C20H23N3O5S. The predicted molar refractivity (Wildman–Crippen MR) is 108 cm³/mol. The van der Waals surface area contributed by atoms with Crippen molar-refractivity contribution in [3.8, 4) is 22.9 Å². The fraction of sp³-hybridized carbons (Fsp3) is 0.300. The van der Waals surface area contributed by atoms with Crippen molar-refractivity contribution in [1.29, 1.82) is 0 Å². The molecule has 29 heavy (non-hydrogen) atoms. The van der Waals surface area contributed by atoms with Gasteiger partial charge in [-0.25, -0.2) is 8.42 Å². The fourth-order valence-electron chi connectivity index (χ4n) is 2.78. The third-order valence-corrected chi connectivity index (χ3v) is 6.30. The molecule has 0 aliphatic heterocycles. The van der Waals surface area contributed by atoms with E-state index in [2.05, 4.69) is 10.1 Å². The topological polar surface area (TPSA) is 94.8 Å². The first-order valence-electron chi connectivity index (χ1n) is 8.87. The molecule has 0 aliphatic carbocycles. The van der Waals surface area contributed by atoms with E-state index in [1.165, 1.54) is 18.5 Å². The third kappa shape index (κ3) is 4.75. The van der Waals surface area contributed by atoms with Gasteiger partial charge in [0.2, 0.25) is 21.7 Å². The molecule has 0 spiro atoms. The van der Waals surface area contributed by atoms with E-state index in [-0.39, 0.29) is 18.2 Å². The Bertz CT molecular complexity index is 1100. The zero-order valence-electron chi connectivity index (χ0n) is 16.7. The number of methoxy groups -OCH3 is 2. The van der Waals surface area contributed by atoms with E-state index in [4.69, 9.17) is 14.0 Å². The Hall–Kier alpha value is -2.91. The lowest BCUT2D eigenvalue weighted by atomic mass is 10.1. The Labute approximate surface area is 170 Å². The van der Waals surface area contributed by atoms with Crippen LogP contribution in [0.2, 0.25) is 0 Å². The van der Waals surface area contributed by atoms with Crippen molar-refractivity contribution in [2.24, 2.45) is 0 Å². The van der Waals surface area contributed by atoms with Gasteiger partial charge < -0.3 is 14.0 Å². The van der Waals surface area contributed by atoms with Crippen molar-refractivity contribution in [3.63, 3.8) is 0 Å². The minimum Gasteiger partial charge on any atom is -0.493 e. The lowest BCUT2D eigenvalue weighted by Gasteiger charge is -2.16. The van der Waals surface area contributed by atoms with Crippen molar-refractivity contribution >= 4 is 10.0 Å². The highest BCUT2D eigenvalue weighted by Crippen LogP contribution is 2.31. The Balaban J connectivity index is 1.75. The van der Waals surface area contributed by atoms with Crippen LogP contribution in [0.1, 0.15) is 17.0 Å². The summed E-state index contributed by atoms with van der Waals surface area (Å²) in [5.41, 5.74) is 2.36. The maximum Gasteiger partial charge on any atom is 0.242 e. The number of aromatic nitrogens is 2. The molecule has 0 atom stereocenters. The molecule has 0 saturated carbocycles. The Morgan fingerprint density at radius 1 is 1.07 bits per heavy atom. The third-order valence-electron chi connectivity index (χ3n) is 4.54. The van der Waals surface area contributed by atoms with Crippen molar-refractivity contribution in [2.45, 2.75) is 19.2 Å². The zero-order valence-corrected chi connectivity index (χ0v) is 17.6. The molecule has 0 radical (unpaired) electrons. The quantitative estimate of drug-likeness (QED) is 0.556. The van der Waals surface area contributed by atoms with Crippen LogP contribution in [-0.4, -0.2) is 44.1 Å². The molecule has 0 saturated heterocycles. The summed E-state index contributed by atoms with van der Waals surface area (Å²) in [5, 5.41) is 3.95. The second kappa shape index (κ2) is 8.62. The number of nitrogens with zero attached hydrogens (tertiary/aromatic N) is 3. The SMILES string of the molecule is COc1ccc(-c2noc(CN(C)S(=O)(=O)Cc3ccccc3C)n2)cc1OC. The van der Waals surface area contributed by atoms with Gasteiger partial charge in [-0.15, -0.1) is 0 Å². The highest BCUT2D eigenvalue weighted by Gasteiger charge is 2.22. The number of ether oxygens (including phenoxy) is 2. The molecule has 154 valence electrons. The summed E-state index contributed by atoms with van der Waals surface area (Å²) >= 11 is 0. The van der Waals surface area contributed by atoms with Gasteiger partial charge in [-0.3, -0.25) is 0 Å². The number of benzene rings is 2. The van der Waals surface area contributed by atoms with Crippen LogP contribution >= 0.6 is 0 Å². The average molecular weight is 417 g/mol. The van der Waals surface area contributed by atoms with Gasteiger partial charge in [0.15, 0.2) is 11.5 Å². The first-order valence-corrected chi connectivity index (χ1v) is 10.5. The molecule has 3 aromatic rings. The van der Waals surface area contributed by atoms with E-state index < -0.39 is 10.0 Å². The molecule has 1 aromatic heterocycles. The summed E-state index contributed by atoms with van der Waals surface area (Å²) in [4.78, 5) is 4.31. The number of sulfonamides is 1. The van der Waals surface area contributed by atoms with Crippen LogP contribution in [0.15, 0.2) is 47.0 Å². The molecule has 1 heterocycles. The lowest BCUT2D eigenvalue weighted by molar-refractivity contribution is 0.336. The summed E-state index contributed by atoms with van der Waals surface area (Å²) in [6, 6.07) is 12.6. The van der Waals surface area contributed by atoms with Crippen LogP contribution in [-0.2, 0) is 22.3 Å². The molecule has 9 heteroatoms. The summed E-state index contributed by atoms with van der Waals surface area (Å²) < 4.78 is 42.3. The van der Waals surface area contributed by atoms with Crippen LogP contribution in [0.5, 0.6) is 11.5 Å². The van der Waals surface area contributed by atoms with Crippen molar-refractivity contribution in [2.75, 3.05) is 21.3 Å². The second-order valence-electron chi connectivity index (χ2n) is 6.52. The Morgan fingerprint density at radius 3 is 2.48 bits per heavy atom. The van der Waals surface area contributed by atoms with Gasteiger partial charge in [0.05, 0.1) is 26.5 Å². The van der Waals surface area contributed by atoms with Crippen LogP contribution in [0.3, 0.4) is 0 Å². The molecular weight excluding hydrogens is 394 g/mol. The van der Waals surface area contributed by atoms with Crippen LogP contribution in [0, 0.1) is 6.92 Å². The molecule has 0 aliphatic rings. The smallest absolute Gasteiger partial charge is 0.242 e. The van der Waals surface area contributed by atoms with Gasteiger partial charge in [-0.2, -0.15) is 9.29 Å². The van der Waals surface area contributed by atoms with Crippen molar-refractivity contribution in [3.05, 3.63) is 59.5 Å². The second-order valence-corrected chi connectivity index (χ2v) is 8.60. The number of rotatable bonds is 8. The van der Waals surface area contributed by atoms with E-state index in [0.29, 0.717) is 22.9 Å². The summed E-state index contributed by atoms with van der Waals surface area (Å²) in [7, 11) is 1.05. The average Bonchev–Trinajstić information content (AvgIpc) is 3.17. The highest BCUT2D eigenvalue weighted by molar-refractivity contribution is 7.88. The van der Waals surface area contributed by atoms with Crippen LogP contribution in [0.4, 0.5) is 0 Å². The van der Waals surface area contributed by atoms with Gasteiger partial charge in [-0.05, 0) is 36.2 Å². The molecule has 0 amide bonds. The van der Waals surface area contributed by atoms with E-state index in [0.717, 1.165) is 11.1 Å². The van der Waals surface area contributed by atoms with Crippen molar-refractivity contribution < 1.29 is 22.4 Å². The minimum absolute atomic E-state index is 0.0193. The first-order chi connectivity index (χ1) is 13.8. The van der Waals surface area contributed by atoms with Crippen molar-refractivity contribution in [1.82, 2.24) is 14.4 Å². The summed E-state index contributed by atoms with van der Waals surface area (Å²) in [5.74, 6) is 1.57. The number of aryl methyl sites for hydroxylation is 1. The van der Waals surface area contributed by atoms with Gasteiger partial charge >= 0.3 is 0 Å². The Kier molecular flexibility index (Phi) is 6.19. The summed E-state index contributed by atoms with van der Waals surface area (Å²) in [6.07, 6.45) is 0. The van der Waals surface area contributed by atoms with Crippen LogP contribution in [0.25, 0.3) is 11.4 Å². The summed E-state index contributed by atoms with van der Waals surface area (Å²) in [6.45, 7) is 1.87. The molecule has 8 nitrogen and oxygen atoms in total. The minimum atomic E-state index is -3.54. The van der Waals surface area contributed by atoms with E-state index >= 15 is 0 Å². The molecule has 0 bridgehead atoms. The highest BCUT2D eigenvalue weighted by atomic mass is 32.2. The maximum absolute atomic E-state index is 12.7. The van der Waals surface area contributed by atoms with Gasteiger partial charge in [0.1, 0.15) is 0 Å². The molecule has 2 aromatic carbocycles. The predicted octanol–water partition coefficient (Wildman–Crippen LogP) is 3.02. The standard InChI is InChI=1S/C20H23N3O5S/c1-14-7-5-6-8-16(14)13-29(24,25)23(2)12-19-21-20(22-28-19)15-9-10-17(26-3)18(11-15)27-4/h5-11H,12-13H2,1-4H3. The Morgan fingerprint density at radius 2 is 1.79 bits per heavy atom. The van der Waals surface area contributed by atoms with Gasteiger partial charge in [0, 0.05) is 12.6 Å². The first kappa shape index (κ1) is 20.8. The molecule has 3 rings (SSSR count). The number of hydrogen-bond acceptors (Lipinski definition) is 7. The van der Waals surface area contributed by atoms with E-state index in [1.807, 2.05) is 31.2 Å².